The molecule has 0 atom stereocenters. The number of ketones is 2. The number of hydrogen-bond acceptors (Lipinski definition) is 4. The third-order valence-corrected chi connectivity index (χ3v) is 3.36. The molecule has 0 aromatic heterocycles. The lowest BCUT2D eigenvalue weighted by atomic mass is 9.85. The van der Waals surface area contributed by atoms with Gasteiger partial charge in [0, 0.05) is 16.7 Å². The first-order valence-corrected chi connectivity index (χ1v) is 6.24. The fourth-order valence-corrected chi connectivity index (χ4v) is 2.29. The van der Waals surface area contributed by atoms with E-state index in [0.717, 1.165) is 0 Å². The van der Waals surface area contributed by atoms with Crippen LogP contribution in [0.5, 0.6) is 5.75 Å². The van der Waals surface area contributed by atoms with Gasteiger partial charge in [0.15, 0.2) is 11.6 Å². The van der Waals surface area contributed by atoms with E-state index in [1.165, 1.54) is 36.4 Å². The Kier molecular flexibility index (Phi) is 2.89. The fourth-order valence-electron chi connectivity index (χ4n) is 2.29. The van der Waals surface area contributed by atoms with Crippen molar-refractivity contribution in [1.29, 1.82) is 5.26 Å². The SMILES string of the molecule is N#Cc1ccc2c(c1)C(=O)C=C(c1ccc(O)cc1)C2=O. The van der Waals surface area contributed by atoms with Crippen molar-refractivity contribution in [3.05, 3.63) is 70.8 Å². The first-order valence-electron chi connectivity index (χ1n) is 6.24. The molecule has 1 aliphatic carbocycles. The highest BCUT2D eigenvalue weighted by Gasteiger charge is 2.26. The minimum Gasteiger partial charge on any atom is -0.508 e. The Balaban J connectivity index is 2.12. The van der Waals surface area contributed by atoms with Crippen molar-refractivity contribution in [3.8, 4) is 11.8 Å². The van der Waals surface area contributed by atoms with E-state index in [1.807, 2.05) is 6.07 Å². The number of Topliss-reactive ketones (excluding diaryl/α,β-unsaturated/α-hetero) is 1. The smallest absolute Gasteiger partial charge is 0.194 e. The van der Waals surface area contributed by atoms with E-state index in [1.54, 1.807) is 12.1 Å². The van der Waals surface area contributed by atoms with Crippen LogP contribution in [0.15, 0.2) is 48.5 Å². The van der Waals surface area contributed by atoms with Crippen LogP contribution in [0, 0.1) is 11.3 Å². The number of phenols is 1. The minimum absolute atomic E-state index is 0.0907. The van der Waals surface area contributed by atoms with Gasteiger partial charge in [-0.1, -0.05) is 12.1 Å². The van der Waals surface area contributed by atoms with Gasteiger partial charge in [-0.25, -0.2) is 0 Å². The van der Waals surface area contributed by atoms with Gasteiger partial charge in [0.25, 0.3) is 0 Å². The van der Waals surface area contributed by atoms with Gasteiger partial charge in [-0.3, -0.25) is 9.59 Å². The summed E-state index contributed by atoms with van der Waals surface area (Å²) in [7, 11) is 0. The van der Waals surface area contributed by atoms with Crippen molar-refractivity contribution in [2.45, 2.75) is 0 Å². The molecule has 0 amide bonds. The molecule has 1 N–H and O–H groups in total. The quantitative estimate of drug-likeness (QED) is 0.868. The van der Waals surface area contributed by atoms with E-state index in [2.05, 4.69) is 0 Å². The lowest BCUT2D eigenvalue weighted by Gasteiger charge is -2.15. The highest BCUT2D eigenvalue weighted by Crippen LogP contribution is 2.29. The third-order valence-electron chi connectivity index (χ3n) is 3.36. The molecule has 0 aliphatic heterocycles. The van der Waals surface area contributed by atoms with Crippen LogP contribution in [0.3, 0.4) is 0 Å². The molecule has 3 rings (SSSR count). The van der Waals surface area contributed by atoms with Gasteiger partial charge in [-0.15, -0.1) is 0 Å². The number of allylic oxidation sites excluding steroid dienone is 2. The van der Waals surface area contributed by atoms with Crippen LogP contribution >= 0.6 is 0 Å². The van der Waals surface area contributed by atoms with Gasteiger partial charge in [0.1, 0.15) is 5.75 Å². The van der Waals surface area contributed by atoms with Crippen molar-refractivity contribution in [3.63, 3.8) is 0 Å². The Bertz CT molecular complexity index is 839. The molecule has 1 aliphatic rings. The monoisotopic (exact) mass is 275 g/mol. The summed E-state index contributed by atoms with van der Waals surface area (Å²) < 4.78 is 0. The van der Waals surface area contributed by atoms with Crippen LogP contribution in [0.4, 0.5) is 0 Å². The van der Waals surface area contributed by atoms with Gasteiger partial charge in [-0.2, -0.15) is 5.26 Å². The predicted molar refractivity (Wildman–Crippen MR) is 75.9 cm³/mol. The van der Waals surface area contributed by atoms with Gasteiger partial charge < -0.3 is 5.11 Å². The Morgan fingerprint density at radius 1 is 0.952 bits per heavy atom. The number of rotatable bonds is 1. The third kappa shape index (κ3) is 2.11. The summed E-state index contributed by atoms with van der Waals surface area (Å²) in [5, 5.41) is 18.1. The Morgan fingerprint density at radius 2 is 1.67 bits per heavy atom. The van der Waals surface area contributed by atoms with Crippen LogP contribution in [0.25, 0.3) is 5.57 Å². The number of carbonyl (C=O) groups is 2. The molecule has 0 unspecified atom stereocenters. The van der Waals surface area contributed by atoms with E-state index >= 15 is 0 Å². The van der Waals surface area contributed by atoms with E-state index in [4.69, 9.17) is 5.26 Å². The molecule has 4 nitrogen and oxygen atoms in total. The van der Waals surface area contributed by atoms with Crippen LogP contribution in [-0.4, -0.2) is 16.7 Å². The van der Waals surface area contributed by atoms with Gasteiger partial charge in [-0.05, 0) is 42.0 Å². The standard InChI is InChI=1S/C17H9NO3/c18-9-10-1-6-13-15(7-10)16(20)8-14(17(13)21)11-2-4-12(19)5-3-11/h1-8,19H. The average Bonchev–Trinajstić information content (AvgIpc) is 2.51. The maximum atomic E-state index is 12.5. The van der Waals surface area contributed by atoms with Gasteiger partial charge in [0.2, 0.25) is 0 Å². The largest absolute Gasteiger partial charge is 0.508 e. The van der Waals surface area contributed by atoms with E-state index < -0.39 is 0 Å². The molecule has 2 aromatic rings. The maximum Gasteiger partial charge on any atom is 0.194 e. The molecular formula is C17H9NO3. The lowest BCUT2D eigenvalue weighted by molar-refractivity contribution is 0.100. The summed E-state index contributed by atoms with van der Waals surface area (Å²) in [5.74, 6) is -0.474. The normalized spacial score (nSPS) is 13.4. The number of nitriles is 1. The van der Waals surface area contributed by atoms with Crippen molar-refractivity contribution in [1.82, 2.24) is 0 Å². The van der Waals surface area contributed by atoms with Crippen LogP contribution < -0.4 is 0 Å². The molecule has 0 saturated heterocycles. The summed E-state index contributed by atoms with van der Waals surface area (Å²) in [6.07, 6.45) is 1.28. The number of benzene rings is 2. The van der Waals surface area contributed by atoms with Crippen molar-refractivity contribution in [2.75, 3.05) is 0 Å². The van der Waals surface area contributed by atoms with Gasteiger partial charge >= 0.3 is 0 Å². The molecule has 0 spiro atoms. The highest BCUT2D eigenvalue weighted by atomic mass is 16.3. The highest BCUT2D eigenvalue weighted by molar-refractivity contribution is 6.38. The second-order valence-corrected chi connectivity index (χ2v) is 4.67. The summed E-state index contributed by atoms with van der Waals surface area (Å²) in [5.41, 5.74) is 1.75. The number of nitrogens with zero attached hydrogens (tertiary/aromatic N) is 1. The number of phenolic OH excluding ortho intramolecular Hbond substituents is 1. The molecule has 0 fully saturated rings. The first-order chi connectivity index (χ1) is 10.1. The fraction of sp³-hybridized carbons (Fsp3) is 0. The number of fused-ring (bicyclic) bond motifs is 1. The molecule has 21 heavy (non-hydrogen) atoms. The van der Waals surface area contributed by atoms with E-state index in [9.17, 15) is 14.7 Å². The Morgan fingerprint density at radius 3 is 2.33 bits per heavy atom. The topological polar surface area (TPSA) is 78.2 Å². The van der Waals surface area contributed by atoms with Crippen molar-refractivity contribution < 1.29 is 14.7 Å². The molecule has 0 heterocycles. The minimum atomic E-state index is -0.301. The zero-order valence-corrected chi connectivity index (χ0v) is 10.8. The van der Waals surface area contributed by atoms with Crippen LogP contribution in [-0.2, 0) is 0 Å². The van der Waals surface area contributed by atoms with Gasteiger partial charge in [0.05, 0.1) is 11.6 Å². The van der Waals surface area contributed by atoms with Crippen LogP contribution in [0.2, 0.25) is 0 Å². The molecule has 100 valence electrons. The zero-order valence-electron chi connectivity index (χ0n) is 10.8. The molecule has 0 radical (unpaired) electrons. The second-order valence-electron chi connectivity index (χ2n) is 4.67. The second kappa shape index (κ2) is 4.73. The molecule has 2 aromatic carbocycles. The van der Waals surface area contributed by atoms with E-state index in [0.29, 0.717) is 16.7 Å². The molecule has 0 bridgehead atoms. The lowest BCUT2D eigenvalue weighted by Crippen LogP contribution is -2.16. The average molecular weight is 275 g/mol. The molecule has 0 saturated carbocycles. The summed E-state index contributed by atoms with van der Waals surface area (Å²) in [6.45, 7) is 0. The summed E-state index contributed by atoms with van der Waals surface area (Å²) in [6, 6.07) is 12.5. The summed E-state index contributed by atoms with van der Waals surface area (Å²) >= 11 is 0. The van der Waals surface area contributed by atoms with Crippen LogP contribution in [0.1, 0.15) is 31.8 Å². The zero-order chi connectivity index (χ0) is 15.0. The Labute approximate surface area is 120 Å². The maximum absolute atomic E-state index is 12.5. The number of aromatic hydroxyl groups is 1. The van der Waals surface area contributed by atoms with Crippen molar-refractivity contribution in [2.24, 2.45) is 0 Å². The first kappa shape index (κ1) is 12.8. The molecular weight excluding hydrogens is 266 g/mol. The number of hydrogen-bond donors (Lipinski definition) is 1. The summed E-state index contributed by atoms with van der Waals surface area (Å²) in [4.78, 5) is 24.6. The Hall–Kier alpha value is -3.19. The molecule has 4 heteroatoms. The predicted octanol–water partition coefficient (Wildman–Crippen LogP) is 2.73. The van der Waals surface area contributed by atoms with Crippen molar-refractivity contribution >= 4 is 17.1 Å². The number of carbonyl (C=O) groups excluding carboxylic acids is 2. The van der Waals surface area contributed by atoms with E-state index in [-0.39, 0.29) is 28.5 Å².